The lowest BCUT2D eigenvalue weighted by molar-refractivity contribution is 0.0477. The summed E-state index contributed by atoms with van der Waals surface area (Å²) in [7, 11) is 1.93. The van der Waals surface area contributed by atoms with Crippen molar-refractivity contribution in [3.63, 3.8) is 0 Å². The fourth-order valence-electron chi connectivity index (χ4n) is 1.48. The minimum Gasteiger partial charge on any atom is -0.379 e. The molecule has 0 bridgehead atoms. The smallest absolute Gasteiger partial charge is 0.0701 e. The van der Waals surface area contributed by atoms with E-state index in [1.165, 1.54) is 38.5 Å². The molecular formula is C13H29NO2. The van der Waals surface area contributed by atoms with Crippen molar-refractivity contribution in [3.05, 3.63) is 0 Å². The molecule has 0 saturated heterocycles. The molecule has 0 rings (SSSR count). The Labute approximate surface area is 101 Å². The zero-order valence-electron chi connectivity index (χ0n) is 11.1. The van der Waals surface area contributed by atoms with Crippen molar-refractivity contribution in [2.45, 2.75) is 45.4 Å². The van der Waals surface area contributed by atoms with Crippen LogP contribution in [0.1, 0.15) is 45.4 Å². The minimum absolute atomic E-state index is 0.720. The van der Waals surface area contributed by atoms with Crippen molar-refractivity contribution in [1.29, 1.82) is 0 Å². The van der Waals surface area contributed by atoms with E-state index in [4.69, 9.17) is 9.47 Å². The van der Waals surface area contributed by atoms with Gasteiger partial charge in [0, 0.05) is 13.2 Å². The molecule has 0 atom stereocenters. The number of rotatable bonds is 13. The first kappa shape index (κ1) is 15.9. The van der Waals surface area contributed by atoms with E-state index < -0.39 is 0 Å². The molecular weight excluding hydrogens is 202 g/mol. The summed E-state index contributed by atoms with van der Waals surface area (Å²) in [6.07, 6.45) is 7.93. The van der Waals surface area contributed by atoms with Gasteiger partial charge < -0.3 is 14.8 Å². The van der Waals surface area contributed by atoms with Gasteiger partial charge in [-0.3, -0.25) is 0 Å². The summed E-state index contributed by atoms with van der Waals surface area (Å²) in [4.78, 5) is 0. The van der Waals surface area contributed by atoms with Crippen LogP contribution in [-0.2, 0) is 9.47 Å². The highest BCUT2D eigenvalue weighted by Crippen LogP contribution is 2.04. The van der Waals surface area contributed by atoms with Gasteiger partial charge in [-0.2, -0.15) is 0 Å². The highest BCUT2D eigenvalue weighted by molar-refractivity contribution is 4.43. The van der Waals surface area contributed by atoms with Gasteiger partial charge in [-0.05, 0) is 13.5 Å². The van der Waals surface area contributed by atoms with Crippen LogP contribution in [0.3, 0.4) is 0 Å². The number of unbranched alkanes of at least 4 members (excludes halogenated alkanes) is 5. The number of hydrogen-bond acceptors (Lipinski definition) is 3. The van der Waals surface area contributed by atoms with Crippen molar-refractivity contribution in [2.24, 2.45) is 0 Å². The first-order valence-electron chi connectivity index (χ1n) is 6.72. The van der Waals surface area contributed by atoms with Crippen molar-refractivity contribution < 1.29 is 9.47 Å². The van der Waals surface area contributed by atoms with Gasteiger partial charge in [0.25, 0.3) is 0 Å². The van der Waals surface area contributed by atoms with Crippen molar-refractivity contribution in [3.8, 4) is 0 Å². The van der Waals surface area contributed by atoms with Crippen LogP contribution in [0.15, 0.2) is 0 Å². The molecule has 0 aromatic heterocycles. The highest BCUT2D eigenvalue weighted by atomic mass is 16.5. The van der Waals surface area contributed by atoms with E-state index in [-0.39, 0.29) is 0 Å². The quantitative estimate of drug-likeness (QED) is 0.494. The van der Waals surface area contributed by atoms with Crippen LogP contribution in [0.5, 0.6) is 0 Å². The number of hydrogen-bond donors (Lipinski definition) is 1. The van der Waals surface area contributed by atoms with Crippen LogP contribution in [-0.4, -0.2) is 40.0 Å². The predicted octanol–water partition coefficient (Wildman–Crippen LogP) is 2.60. The van der Waals surface area contributed by atoms with Crippen molar-refractivity contribution >= 4 is 0 Å². The Morgan fingerprint density at radius 1 is 0.750 bits per heavy atom. The van der Waals surface area contributed by atoms with Crippen LogP contribution in [0, 0.1) is 0 Å². The molecule has 0 heterocycles. The average Bonchev–Trinajstić information content (AvgIpc) is 2.31. The zero-order chi connectivity index (χ0) is 11.9. The molecule has 98 valence electrons. The SMILES string of the molecule is CCCCCCCCOCCOCCNC. The number of nitrogens with one attached hydrogen (secondary N) is 1. The van der Waals surface area contributed by atoms with Crippen LogP contribution < -0.4 is 5.32 Å². The monoisotopic (exact) mass is 231 g/mol. The van der Waals surface area contributed by atoms with Gasteiger partial charge in [-0.15, -0.1) is 0 Å². The third-order valence-electron chi connectivity index (χ3n) is 2.51. The Kier molecular flexibility index (Phi) is 14.8. The molecule has 0 aromatic rings. The fraction of sp³-hybridized carbons (Fsp3) is 1.00. The molecule has 0 spiro atoms. The van der Waals surface area contributed by atoms with E-state index in [0.29, 0.717) is 0 Å². The molecule has 0 saturated carbocycles. The van der Waals surface area contributed by atoms with Crippen LogP contribution in [0.4, 0.5) is 0 Å². The average molecular weight is 231 g/mol. The largest absolute Gasteiger partial charge is 0.379 e. The Morgan fingerprint density at radius 2 is 1.38 bits per heavy atom. The second-order valence-corrected chi connectivity index (χ2v) is 4.10. The summed E-state index contributed by atoms with van der Waals surface area (Å²) in [5.74, 6) is 0. The summed E-state index contributed by atoms with van der Waals surface area (Å²) in [6.45, 7) is 6.28. The molecule has 0 amide bonds. The summed E-state index contributed by atoms with van der Waals surface area (Å²) in [5, 5.41) is 3.04. The maximum absolute atomic E-state index is 5.47. The molecule has 16 heavy (non-hydrogen) atoms. The molecule has 0 aliphatic carbocycles. The molecule has 1 N–H and O–H groups in total. The third kappa shape index (κ3) is 13.9. The number of likely N-dealkylation sites (N-methyl/N-ethyl adjacent to an activating group) is 1. The van der Waals surface area contributed by atoms with E-state index in [9.17, 15) is 0 Å². The van der Waals surface area contributed by atoms with Gasteiger partial charge in [0.05, 0.1) is 19.8 Å². The van der Waals surface area contributed by atoms with Gasteiger partial charge in [0.15, 0.2) is 0 Å². The molecule has 3 nitrogen and oxygen atoms in total. The lowest BCUT2D eigenvalue weighted by Gasteiger charge is -2.05. The molecule has 0 aliphatic rings. The van der Waals surface area contributed by atoms with E-state index in [0.717, 1.165) is 33.0 Å². The summed E-state index contributed by atoms with van der Waals surface area (Å²) >= 11 is 0. The first-order chi connectivity index (χ1) is 7.91. The Balaban J connectivity index is 2.83. The summed E-state index contributed by atoms with van der Waals surface area (Å²) in [5.41, 5.74) is 0. The molecule has 0 aromatic carbocycles. The summed E-state index contributed by atoms with van der Waals surface area (Å²) < 4.78 is 10.8. The maximum atomic E-state index is 5.47. The van der Waals surface area contributed by atoms with Gasteiger partial charge >= 0.3 is 0 Å². The molecule has 3 heteroatoms. The first-order valence-corrected chi connectivity index (χ1v) is 6.72. The van der Waals surface area contributed by atoms with Gasteiger partial charge in [-0.1, -0.05) is 39.0 Å². The van der Waals surface area contributed by atoms with E-state index in [1.54, 1.807) is 0 Å². The van der Waals surface area contributed by atoms with Crippen molar-refractivity contribution in [1.82, 2.24) is 5.32 Å². The molecule has 0 aliphatic heterocycles. The lowest BCUT2D eigenvalue weighted by atomic mass is 10.1. The molecule has 0 unspecified atom stereocenters. The Morgan fingerprint density at radius 3 is 2.06 bits per heavy atom. The fourth-order valence-corrected chi connectivity index (χ4v) is 1.48. The second kappa shape index (κ2) is 14.9. The van der Waals surface area contributed by atoms with E-state index in [2.05, 4.69) is 12.2 Å². The number of ether oxygens (including phenoxy) is 2. The van der Waals surface area contributed by atoms with Crippen LogP contribution >= 0.6 is 0 Å². The zero-order valence-corrected chi connectivity index (χ0v) is 11.1. The second-order valence-electron chi connectivity index (χ2n) is 4.10. The lowest BCUT2D eigenvalue weighted by Crippen LogP contribution is -2.16. The summed E-state index contributed by atoms with van der Waals surface area (Å²) in [6, 6.07) is 0. The normalized spacial score (nSPS) is 10.9. The van der Waals surface area contributed by atoms with E-state index in [1.807, 2.05) is 7.05 Å². The molecule has 0 radical (unpaired) electrons. The Hall–Kier alpha value is -0.120. The topological polar surface area (TPSA) is 30.5 Å². The maximum Gasteiger partial charge on any atom is 0.0701 e. The van der Waals surface area contributed by atoms with Crippen LogP contribution in [0.25, 0.3) is 0 Å². The minimum atomic E-state index is 0.720. The predicted molar refractivity (Wildman–Crippen MR) is 68.9 cm³/mol. The standard InChI is InChI=1S/C13H29NO2/c1-3-4-5-6-7-8-10-15-12-13-16-11-9-14-2/h14H,3-13H2,1-2H3. The third-order valence-corrected chi connectivity index (χ3v) is 2.51. The van der Waals surface area contributed by atoms with Gasteiger partial charge in [0.2, 0.25) is 0 Å². The highest BCUT2D eigenvalue weighted by Gasteiger charge is 1.91. The van der Waals surface area contributed by atoms with E-state index >= 15 is 0 Å². The van der Waals surface area contributed by atoms with Gasteiger partial charge in [-0.25, -0.2) is 0 Å². The van der Waals surface area contributed by atoms with Crippen LogP contribution in [0.2, 0.25) is 0 Å². The van der Waals surface area contributed by atoms with Gasteiger partial charge in [0.1, 0.15) is 0 Å². The molecule has 0 fully saturated rings. The van der Waals surface area contributed by atoms with Crippen molar-refractivity contribution in [2.75, 3.05) is 40.0 Å². The Bertz CT molecular complexity index is 107.